The van der Waals surface area contributed by atoms with Gasteiger partial charge in [0.05, 0.1) is 0 Å². The van der Waals surface area contributed by atoms with Crippen molar-refractivity contribution in [2.45, 2.75) is 19.5 Å². The molecule has 2 aromatic rings. The molecule has 74 valence electrons. The van der Waals surface area contributed by atoms with E-state index in [0.717, 1.165) is 12.2 Å². The number of hydrogen-bond acceptors (Lipinski definition) is 2. The van der Waals surface area contributed by atoms with Crippen LogP contribution in [-0.2, 0) is 6.54 Å². The monoisotopic (exact) mass is 189 g/mol. The van der Waals surface area contributed by atoms with Gasteiger partial charge in [-0.25, -0.2) is 4.98 Å². The van der Waals surface area contributed by atoms with Crippen molar-refractivity contribution in [2.24, 2.45) is 0 Å². The Bertz CT molecular complexity index is 419. The molecule has 3 heteroatoms. The van der Waals surface area contributed by atoms with Crippen LogP contribution in [0.4, 0.5) is 0 Å². The van der Waals surface area contributed by atoms with Gasteiger partial charge in [0.25, 0.3) is 0 Å². The van der Waals surface area contributed by atoms with Crippen LogP contribution >= 0.6 is 0 Å². The third-order valence-corrected chi connectivity index (χ3v) is 2.49. The molecule has 0 amide bonds. The molecule has 14 heavy (non-hydrogen) atoms. The molecule has 0 radical (unpaired) electrons. The van der Waals surface area contributed by atoms with Crippen LogP contribution in [0.5, 0.6) is 0 Å². The van der Waals surface area contributed by atoms with Gasteiger partial charge in [-0.2, -0.15) is 0 Å². The van der Waals surface area contributed by atoms with E-state index in [9.17, 15) is 0 Å². The quantitative estimate of drug-likeness (QED) is 0.795. The number of nitrogens with one attached hydrogen (secondary N) is 1. The zero-order valence-corrected chi connectivity index (χ0v) is 8.57. The lowest BCUT2D eigenvalue weighted by Gasteiger charge is -2.11. The van der Waals surface area contributed by atoms with Crippen molar-refractivity contribution in [3.8, 4) is 0 Å². The van der Waals surface area contributed by atoms with Crippen LogP contribution in [0.25, 0.3) is 11.0 Å². The average molecular weight is 189 g/mol. The number of rotatable bonds is 3. The van der Waals surface area contributed by atoms with Crippen LogP contribution in [0.15, 0.2) is 30.6 Å². The summed E-state index contributed by atoms with van der Waals surface area (Å²) >= 11 is 0. The molecule has 2 aromatic heterocycles. The van der Waals surface area contributed by atoms with Crippen LogP contribution in [0.3, 0.4) is 0 Å². The van der Waals surface area contributed by atoms with Crippen LogP contribution in [0.2, 0.25) is 0 Å². The van der Waals surface area contributed by atoms with Gasteiger partial charge >= 0.3 is 0 Å². The predicted molar refractivity (Wildman–Crippen MR) is 58.3 cm³/mol. The summed E-state index contributed by atoms with van der Waals surface area (Å²) in [5.74, 6) is 0. The smallest absolute Gasteiger partial charge is 0.139 e. The second-order valence-electron chi connectivity index (χ2n) is 3.57. The molecular weight excluding hydrogens is 174 g/mol. The highest BCUT2D eigenvalue weighted by Gasteiger charge is 2.03. The van der Waals surface area contributed by atoms with Gasteiger partial charge in [-0.3, -0.25) is 0 Å². The summed E-state index contributed by atoms with van der Waals surface area (Å²) in [4.78, 5) is 4.36. The summed E-state index contributed by atoms with van der Waals surface area (Å²) < 4.78 is 2.18. The third-order valence-electron chi connectivity index (χ3n) is 2.49. The Balaban J connectivity index is 2.33. The minimum absolute atomic E-state index is 0.465. The first-order valence-corrected chi connectivity index (χ1v) is 4.88. The van der Waals surface area contributed by atoms with E-state index >= 15 is 0 Å². The van der Waals surface area contributed by atoms with Crippen molar-refractivity contribution in [3.63, 3.8) is 0 Å². The van der Waals surface area contributed by atoms with Gasteiger partial charge in [0.15, 0.2) is 0 Å². The van der Waals surface area contributed by atoms with Gasteiger partial charge in [-0.05, 0) is 32.2 Å². The molecule has 0 fully saturated rings. The van der Waals surface area contributed by atoms with E-state index in [1.807, 2.05) is 19.3 Å². The van der Waals surface area contributed by atoms with E-state index in [0.29, 0.717) is 6.04 Å². The molecular formula is C11H15N3. The molecule has 3 nitrogen and oxygen atoms in total. The number of likely N-dealkylation sites (N-methyl/N-ethyl adjacent to an activating group) is 1. The highest BCUT2D eigenvalue weighted by molar-refractivity contribution is 5.75. The third kappa shape index (κ3) is 1.63. The topological polar surface area (TPSA) is 29.9 Å². The van der Waals surface area contributed by atoms with Gasteiger partial charge in [-0.1, -0.05) is 0 Å². The summed E-state index contributed by atoms with van der Waals surface area (Å²) in [7, 11) is 1.98. The standard InChI is InChI=1S/C11H15N3/c1-9(12-2)8-14-7-5-10-4-3-6-13-11(10)14/h3-7,9,12H,8H2,1-2H3. The molecule has 1 N–H and O–H groups in total. The molecule has 0 aliphatic carbocycles. The van der Waals surface area contributed by atoms with E-state index in [1.165, 1.54) is 5.39 Å². The number of pyridine rings is 1. The second-order valence-corrected chi connectivity index (χ2v) is 3.57. The van der Waals surface area contributed by atoms with Crippen molar-refractivity contribution in [3.05, 3.63) is 30.6 Å². The lowest BCUT2D eigenvalue weighted by Crippen LogP contribution is -2.26. The summed E-state index contributed by atoms with van der Waals surface area (Å²) in [5, 5.41) is 4.42. The van der Waals surface area contributed by atoms with Crippen LogP contribution in [-0.4, -0.2) is 22.6 Å². The van der Waals surface area contributed by atoms with E-state index in [-0.39, 0.29) is 0 Å². The van der Waals surface area contributed by atoms with Gasteiger partial charge in [0.1, 0.15) is 5.65 Å². The fraction of sp³-hybridized carbons (Fsp3) is 0.364. The molecule has 0 aliphatic heterocycles. The molecule has 1 unspecified atom stereocenters. The maximum Gasteiger partial charge on any atom is 0.139 e. The molecule has 0 saturated carbocycles. The Morgan fingerprint density at radius 2 is 2.36 bits per heavy atom. The lowest BCUT2D eigenvalue weighted by molar-refractivity contribution is 0.523. The maximum absolute atomic E-state index is 4.36. The highest BCUT2D eigenvalue weighted by Crippen LogP contribution is 2.12. The largest absolute Gasteiger partial charge is 0.331 e. The zero-order valence-electron chi connectivity index (χ0n) is 8.57. The van der Waals surface area contributed by atoms with Crippen LogP contribution in [0, 0.1) is 0 Å². The summed E-state index contributed by atoms with van der Waals surface area (Å²) in [6.07, 6.45) is 3.92. The molecule has 2 heterocycles. The molecule has 2 rings (SSSR count). The van der Waals surface area contributed by atoms with E-state index < -0.39 is 0 Å². The molecule has 0 aromatic carbocycles. The van der Waals surface area contributed by atoms with Crippen LogP contribution in [0.1, 0.15) is 6.92 Å². The predicted octanol–water partition coefficient (Wildman–Crippen LogP) is 1.64. The summed E-state index contributed by atoms with van der Waals surface area (Å²) in [6.45, 7) is 3.12. The van der Waals surface area contributed by atoms with Gasteiger partial charge in [-0.15, -0.1) is 0 Å². The first kappa shape index (κ1) is 9.21. The first-order chi connectivity index (χ1) is 6.81. The maximum atomic E-state index is 4.36. The van der Waals surface area contributed by atoms with Crippen molar-refractivity contribution in [2.75, 3.05) is 7.05 Å². The summed E-state index contributed by atoms with van der Waals surface area (Å²) in [6, 6.07) is 6.62. The fourth-order valence-electron chi connectivity index (χ4n) is 1.55. The normalized spacial score (nSPS) is 13.3. The number of fused-ring (bicyclic) bond motifs is 1. The lowest BCUT2D eigenvalue weighted by atomic mass is 10.3. The number of hydrogen-bond donors (Lipinski definition) is 1. The van der Waals surface area contributed by atoms with Gasteiger partial charge in [0, 0.05) is 30.4 Å². The van der Waals surface area contributed by atoms with Crippen molar-refractivity contribution < 1.29 is 0 Å². The van der Waals surface area contributed by atoms with Gasteiger partial charge < -0.3 is 9.88 Å². The van der Waals surface area contributed by atoms with E-state index in [1.54, 1.807) is 0 Å². The van der Waals surface area contributed by atoms with Gasteiger partial charge in [0.2, 0.25) is 0 Å². The Morgan fingerprint density at radius 1 is 1.50 bits per heavy atom. The summed E-state index contributed by atoms with van der Waals surface area (Å²) in [5.41, 5.74) is 1.06. The highest BCUT2D eigenvalue weighted by atomic mass is 15.1. The number of nitrogens with zero attached hydrogens (tertiary/aromatic N) is 2. The van der Waals surface area contributed by atoms with E-state index in [2.05, 4.69) is 40.1 Å². The number of aromatic nitrogens is 2. The minimum atomic E-state index is 0.465. The van der Waals surface area contributed by atoms with Crippen molar-refractivity contribution >= 4 is 11.0 Å². The molecule has 0 saturated heterocycles. The molecule has 0 aliphatic rings. The molecule has 0 spiro atoms. The first-order valence-electron chi connectivity index (χ1n) is 4.88. The van der Waals surface area contributed by atoms with Crippen molar-refractivity contribution in [1.82, 2.24) is 14.9 Å². The average Bonchev–Trinajstić information content (AvgIpc) is 2.62. The Kier molecular flexibility index (Phi) is 2.50. The fourth-order valence-corrected chi connectivity index (χ4v) is 1.55. The van der Waals surface area contributed by atoms with Crippen LogP contribution < -0.4 is 5.32 Å². The van der Waals surface area contributed by atoms with E-state index in [4.69, 9.17) is 0 Å². The molecule has 1 atom stereocenters. The Morgan fingerprint density at radius 3 is 3.14 bits per heavy atom. The Hall–Kier alpha value is -1.35. The minimum Gasteiger partial charge on any atom is -0.331 e. The SMILES string of the molecule is CNC(C)Cn1ccc2cccnc21. The molecule has 0 bridgehead atoms. The Labute approximate surface area is 83.8 Å². The van der Waals surface area contributed by atoms with Crippen molar-refractivity contribution in [1.29, 1.82) is 0 Å². The zero-order chi connectivity index (χ0) is 9.97. The second kappa shape index (κ2) is 3.80.